The maximum absolute atomic E-state index is 12.5. The summed E-state index contributed by atoms with van der Waals surface area (Å²) in [4.78, 5) is 24.9. The molecule has 2 heterocycles. The molecule has 1 aliphatic heterocycles. The number of hydrogen-bond donors (Lipinski definition) is 0. The second-order valence-corrected chi connectivity index (χ2v) is 5.86. The third kappa shape index (κ3) is 2.01. The van der Waals surface area contributed by atoms with E-state index in [0.717, 1.165) is 17.4 Å². The molecule has 106 valence electrons. The van der Waals surface area contributed by atoms with Crippen LogP contribution in [0, 0.1) is 0 Å². The summed E-state index contributed by atoms with van der Waals surface area (Å²) in [6.07, 6.45) is 1.78. The van der Waals surface area contributed by atoms with Crippen molar-refractivity contribution in [1.29, 1.82) is 0 Å². The molecule has 0 aliphatic carbocycles. The second-order valence-electron chi connectivity index (χ2n) is 4.99. The van der Waals surface area contributed by atoms with Gasteiger partial charge in [-0.2, -0.15) is 0 Å². The van der Waals surface area contributed by atoms with Crippen molar-refractivity contribution in [3.63, 3.8) is 0 Å². The molecule has 1 aliphatic rings. The fourth-order valence-electron chi connectivity index (χ4n) is 2.67. The Labute approximate surface area is 124 Å². The molecule has 1 aromatic carbocycles. The zero-order valence-electron chi connectivity index (χ0n) is 10.8. The highest BCUT2D eigenvalue weighted by Gasteiger charge is 2.24. The minimum atomic E-state index is -0.347. The first-order valence-corrected chi connectivity index (χ1v) is 7.15. The zero-order valence-corrected chi connectivity index (χ0v) is 12.4. The summed E-state index contributed by atoms with van der Waals surface area (Å²) in [6, 6.07) is 4.70. The van der Waals surface area contributed by atoms with E-state index in [2.05, 4.69) is 0 Å². The van der Waals surface area contributed by atoms with E-state index < -0.39 is 0 Å². The van der Waals surface area contributed by atoms with Crippen molar-refractivity contribution in [3.05, 3.63) is 49.2 Å². The van der Waals surface area contributed by atoms with Gasteiger partial charge in [0.05, 0.1) is 11.7 Å². The van der Waals surface area contributed by atoms with Crippen LogP contribution in [0.15, 0.2) is 27.8 Å². The summed E-state index contributed by atoms with van der Waals surface area (Å²) in [7, 11) is 0. The zero-order chi connectivity index (χ0) is 14.4. The lowest BCUT2D eigenvalue weighted by molar-refractivity contribution is 0.288. The first-order chi connectivity index (χ1) is 9.49. The molecule has 0 fully saturated rings. The van der Waals surface area contributed by atoms with E-state index in [4.69, 9.17) is 23.2 Å². The monoisotopic (exact) mass is 313 g/mol. The first-order valence-electron chi connectivity index (χ1n) is 6.40. The van der Waals surface area contributed by atoms with Gasteiger partial charge in [0.1, 0.15) is 0 Å². The maximum Gasteiger partial charge on any atom is 0.352 e. The topological polar surface area (TPSA) is 48.9 Å². The minimum Gasteiger partial charge on any atom is -0.246 e. The van der Waals surface area contributed by atoms with E-state index in [1.807, 2.05) is 6.92 Å². The molecular weight excluding hydrogens is 301 g/mol. The number of nitrogens with zero attached hydrogens (tertiary/aromatic N) is 3. The molecule has 0 saturated carbocycles. The van der Waals surface area contributed by atoms with Crippen LogP contribution in [0.2, 0.25) is 10.0 Å². The molecule has 1 aromatic heterocycles. The first kappa shape index (κ1) is 13.5. The molecular formula is C13H13Cl2N3O2. The molecule has 0 bridgehead atoms. The third-order valence-electron chi connectivity index (χ3n) is 3.57. The smallest absolute Gasteiger partial charge is 0.246 e. The molecule has 20 heavy (non-hydrogen) atoms. The Morgan fingerprint density at radius 1 is 1.10 bits per heavy atom. The Bertz CT molecular complexity index is 768. The minimum absolute atomic E-state index is 0.0138. The van der Waals surface area contributed by atoms with Crippen molar-refractivity contribution >= 4 is 23.2 Å². The van der Waals surface area contributed by atoms with Gasteiger partial charge in [0.25, 0.3) is 0 Å². The van der Waals surface area contributed by atoms with Crippen molar-refractivity contribution in [3.8, 4) is 5.69 Å². The molecule has 3 rings (SSSR count). The van der Waals surface area contributed by atoms with Crippen molar-refractivity contribution in [2.24, 2.45) is 0 Å². The van der Waals surface area contributed by atoms with Crippen LogP contribution in [-0.4, -0.2) is 13.9 Å². The van der Waals surface area contributed by atoms with E-state index in [-0.39, 0.29) is 17.4 Å². The highest BCUT2D eigenvalue weighted by molar-refractivity contribution is 6.34. The molecule has 1 atom stereocenters. The lowest BCUT2D eigenvalue weighted by Gasteiger charge is -2.21. The van der Waals surface area contributed by atoms with Crippen LogP contribution in [-0.2, 0) is 6.54 Å². The van der Waals surface area contributed by atoms with Crippen molar-refractivity contribution in [1.82, 2.24) is 13.9 Å². The normalized spacial score (nSPS) is 18.1. The van der Waals surface area contributed by atoms with Gasteiger partial charge < -0.3 is 0 Å². The summed E-state index contributed by atoms with van der Waals surface area (Å²) >= 11 is 11.9. The standard InChI is InChI=1S/C13H13Cl2N3O2/c1-8-3-2-4-16-12(19)17(13(20)18(8)16)11-6-9(14)5-10(15)7-11/h5-8H,2-4H2,1H3. The Morgan fingerprint density at radius 2 is 1.75 bits per heavy atom. The van der Waals surface area contributed by atoms with Crippen molar-refractivity contribution in [2.75, 3.05) is 0 Å². The fraction of sp³-hybridized carbons (Fsp3) is 0.385. The van der Waals surface area contributed by atoms with Gasteiger partial charge in [-0.15, -0.1) is 0 Å². The summed E-state index contributed by atoms with van der Waals surface area (Å²) in [5, 5.41) is 0.780. The van der Waals surface area contributed by atoms with Crippen LogP contribution < -0.4 is 11.4 Å². The molecule has 0 radical (unpaired) electrons. The molecule has 0 amide bonds. The van der Waals surface area contributed by atoms with Gasteiger partial charge in [0.2, 0.25) is 0 Å². The predicted octanol–water partition coefficient (Wildman–Crippen LogP) is 2.46. The number of rotatable bonds is 1. The van der Waals surface area contributed by atoms with Crippen LogP contribution in [0.4, 0.5) is 0 Å². The SMILES string of the molecule is CC1CCCn2c(=O)n(-c3cc(Cl)cc(Cl)c3)c(=O)n21. The molecule has 7 heteroatoms. The van der Waals surface area contributed by atoms with E-state index in [1.165, 1.54) is 9.36 Å². The van der Waals surface area contributed by atoms with Gasteiger partial charge in [-0.1, -0.05) is 23.2 Å². The average molecular weight is 314 g/mol. The highest BCUT2D eigenvalue weighted by Crippen LogP contribution is 2.21. The lowest BCUT2D eigenvalue weighted by Crippen LogP contribution is -2.33. The number of fused-ring (bicyclic) bond motifs is 1. The van der Waals surface area contributed by atoms with Crippen LogP contribution in [0.5, 0.6) is 0 Å². The van der Waals surface area contributed by atoms with Crippen LogP contribution in [0.1, 0.15) is 25.8 Å². The number of halogens is 2. The average Bonchev–Trinajstić information content (AvgIpc) is 2.61. The molecule has 5 nitrogen and oxygen atoms in total. The summed E-state index contributed by atoms with van der Waals surface area (Å²) < 4.78 is 4.13. The van der Waals surface area contributed by atoms with Gasteiger partial charge in [0, 0.05) is 16.6 Å². The van der Waals surface area contributed by atoms with Gasteiger partial charge in [-0.25, -0.2) is 23.5 Å². The van der Waals surface area contributed by atoms with Gasteiger partial charge in [-0.3, -0.25) is 0 Å². The van der Waals surface area contributed by atoms with Crippen molar-refractivity contribution in [2.45, 2.75) is 32.4 Å². The van der Waals surface area contributed by atoms with Gasteiger partial charge in [0.15, 0.2) is 0 Å². The van der Waals surface area contributed by atoms with Crippen molar-refractivity contribution < 1.29 is 0 Å². The van der Waals surface area contributed by atoms with E-state index in [9.17, 15) is 9.59 Å². The summed E-state index contributed by atoms with van der Waals surface area (Å²) in [6.45, 7) is 2.49. The molecule has 1 unspecified atom stereocenters. The Balaban J connectivity index is 2.30. The molecule has 0 spiro atoms. The van der Waals surface area contributed by atoms with E-state index >= 15 is 0 Å². The maximum atomic E-state index is 12.5. The Hall–Kier alpha value is -1.46. The summed E-state index contributed by atoms with van der Waals surface area (Å²) in [5.74, 6) is 0. The van der Waals surface area contributed by atoms with E-state index in [1.54, 1.807) is 18.2 Å². The fourth-order valence-corrected chi connectivity index (χ4v) is 3.19. The second kappa shape index (κ2) is 4.82. The van der Waals surface area contributed by atoms with Crippen LogP contribution in [0.25, 0.3) is 5.69 Å². The van der Waals surface area contributed by atoms with Crippen LogP contribution in [0.3, 0.4) is 0 Å². The number of benzene rings is 1. The predicted molar refractivity (Wildman–Crippen MR) is 78.3 cm³/mol. The van der Waals surface area contributed by atoms with Gasteiger partial charge >= 0.3 is 11.4 Å². The van der Waals surface area contributed by atoms with E-state index in [0.29, 0.717) is 22.3 Å². The third-order valence-corrected chi connectivity index (χ3v) is 4.01. The van der Waals surface area contributed by atoms with Crippen LogP contribution >= 0.6 is 23.2 Å². The van der Waals surface area contributed by atoms with Gasteiger partial charge in [-0.05, 0) is 38.0 Å². The number of hydrogen-bond acceptors (Lipinski definition) is 2. The Morgan fingerprint density at radius 3 is 2.35 bits per heavy atom. The quantitative estimate of drug-likeness (QED) is 0.812. The highest BCUT2D eigenvalue weighted by atomic mass is 35.5. The summed E-state index contributed by atoms with van der Waals surface area (Å²) in [5.41, 5.74) is -0.292. The molecule has 2 aromatic rings. The number of aromatic nitrogens is 3. The Kier molecular flexibility index (Phi) is 3.26. The lowest BCUT2D eigenvalue weighted by atomic mass is 10.1. The molecule has 0 N–H and O–H groups in total. The largest absolute Gasteiger partial charge is 0.352 e. The molecule has 0 saturated heterocycles.